The molecule has 0 radical (unpaired) electrons. The number of rotatable bonds is 3. The highest BCUT2D eigenvalue weighted by atomic mass is 32.1. The van der Waals surface area contributed by atoms with Crippen LogP contribution >= 0.6 is 11.3 Å². The molecule has 0 aliphatic carbocycles. The first-order chi connectivity index (χ1) is 5.25. The van der Waals surface area contributed by atoms with Crippen LogP contribution < -0.4 is 0 Å². The minimum atomic E-state index is 0.166. The van der Waals surface area contributed by atoms with Gasteiger partial charge in [-0.25, -0.2) is 0 Å². The molecule has 0 saturated heterocycles. The third-order valence-corrected chi connectivity index (χ3v) is 2.33. The Bertz CT molecular complexity index is 273. The molecule has 58 valence electrons. The topological polar surface area (TPSA) is 17.1 Å². The normalized spacial score (nSPS) is 9.55. The summed E-state index contributed by atoms with van der Waals surface area (Å²) in [5.41, 5.74) is 0.843. The zero-order valence-corrected chi connectivity index (χ0v) is 7.28. The second kappa shape index (κ2) is 3.49. The van der Waals surface area contributed by atoms with Crippen LogP contribution in [0.3, 0.4) is 0 Å². The number of allylic oxidation sites excluding steroid dienone is 1. The third-order valence-electron chi connectivity index (χ3n) is 1.49. The molecule has 1 rings (SSSR count). The number of carbonyl (C=O) groups excluding carboxylic acids is 1. The lowest BCUT2D eigenvalue weighted by Crippen LogP contribution is -1.95. The van der Waals surface area contributed by atoms with Crippen LogP contribution in [0, 0.1) is 6.92 Å². The fraction of sp³-hybridized carbons (Fsp3) is 0.222. The number of ketones is 1. The quantitative estimate of drug-likeness (QED) is 0.498. The van der Waals surface area contributed by atoms with Gasteiger partial charge in [0.25, 0.3) is 0 Å². The van der Waals surface area contributed by atoms with Gasteiger partial charge in [-0.3, -0.25) is 4.79 Å². The van der Waals surface area contributed by atoms with Gasteiger partial charge in [0.05, 0.1) is 0 Å². The van der Waals surface area contributed by atoms with E-state index in [4.69, 9.17) is 0 Å². The summed E-state index contributed by atoms with van der Waals surface area (Å²) in [6.07, 6.45) is 2.08. The average molecular weight is 166 g/mol. The van der Waals surface area contributed by atoms with Gasteiger partial charge in [0, 0.05) is 16.9 Å². The first-order valence-corrected chi connectivity index (χ1v) is 4.32. The first kappa shape index (κ1) is 8.21. The molecule has 1 nitrogen and oxygen atoms in total. The molecule has 0 atom stereocenters. The Morgan fingerprint density at radius 3 is 3.00 bits per heavy atom. The molecule has 0 aliphatic rings. The van der Waals surface area contributed by atoms with Crippen molar-refractivity contribution in [3.05, 3.63) is 34.5 Å². The van der Waals surface area contributed by atoms with E-state index >= 15 is 0 Å². The Kier molecular flexibility index (Phi) is 2.60. The molecule has 0 unspecified atom stereocenters. The lowest BCUT2D eigenvalue weighted by Gasteiger charge is -1.93. The molecule has 0 bridgehead atoms. The zero-order chi connectivity index (χ0) is 8.27. The highest BCUT2D eigenvalue weighted by Crippen LogP contribution is 2.16. The Morgan fingerprint density at radius 1 is 1.82 bits per heavy atom. The molecule has 0 aliphatic heterocycles. The predicted octanol–water partition coefficient (Wildman–Crippen LogP) is 2.82. The summed E-state index contributed by atoms with van der Waals surface area (Å²) in [5.74, 6) is 0.166. The van der Waals surface area contributed by atoms with E-state index in [1.54, 1.807) is 17.4 Å². The summed E-state index contributed by atoms with van der Waals surface area (Å²) in [7, 11) is 0. The van der Waals surface area contributed by atoms with Crippen molar-refractivity contribution >= 4 is 17.1 Å². The maximum Gasteiger partial charge on any atom is 0.167 e. The summed E-state index contributed by atoms with van der Waals surface area (Å²) >= 11 is 1.60. The summed E-state index contributed by atoms with van der Waals surface area (Å²) in [6, 6.07) is 1.87. The molecule has 0 aromatic carbocycles. The van der Waals surface area contributed by atoms with Crippen LogP contribution in [-0.4, -0.2) is 5.78 Å². The van der Waals surface area contributed by atoms with Gasteiger partial charge in [0.15, 0.2) is 5.78 Å². The summed E-state index contributed by atoms with van der Waals surface area (Å²) in [4.78, 5) is 12.4. The fourth-order valence-electron chi connectivity index (χ4n) is 0.915. The molecule has 2 heteroatoms. The van der Waals surface area contributed by atoms with E-state index < -0.39 is 0 Å². The third kappa shape index (κ3) is 1.77. The summed E-state index contributed by atoms with van der Waals surface area (Å²) in [5, 5.41) is 1.94. The molecule has 0 N–H and O–H groups in total. The molecule has 1 aromatic rings. The van der Waals surface area contributed by atoms with Crippen LogP contribution in [0.25, 0.3) is 0 Å². The minimum Gasteiger partial charge on any atom is -0.294 e. The second-order valence-electron chi connectivity index (χ2n) is 2.31. The smallest absolute Gasteiger partial charge is 0.167 e. The van der Waals surface area contributed by atoms with Gasteiger partial charge in [-0.2, -0.15) is 0 Å². The summed E-state index contributed by atoms with van der Waals surface area (Å²) < 4.78 is 0. The highest BCUT2D eigenvalue weighted by Gasteiger charge is 2.06. The van der Waals surface area contributed by atoms with Crippen molar-refractivity contribution in [2.24, 2.45) is 0 Å². The van der Waals surface area contributed by atoms with Crippen molar-refractivity contribution in [3.8, 4) is 0 Å². The lowest BCUT2D eigenvalue weighted by molar-refractivity contribution is 0.0996. The minimum absolute atomic E-state index is 0.166. The number of thiophene rings is 1. The highest BCUT2D eigenvalue weighted by molar-refractivity contribution is 7.10. The van der Waals surface area contributed by atoms with Crippen LogP contribution in [0.2, 0.25) is 0 Å². The largest absolute Gasteiger partial charge is 0.294 e. The Labute approximate surface area is 70.4 Å². The van der Waals surface area contributed by atoms with E-state index in [1.807, 2.05) is 18.4 Å². The van der Waals surface area contributed by atoms with Crippen LogP contribution in [0.4, 0.5) is 0 Å². The number of Topliss-reactive ketones (excluding diaryl/α,β-unsaturated/α-hetero) is 1. The number of hydrogen-bond donors (Lipinski definition) is 0. The van der Waals surface area contributed by atoms with Crippen molar-refractivity contribution < 1.29 is 4.79 Å². The van der Waals surface area contributed by atoms with Crippen molar-refractivity contribution in [3.63, 3.8) is 0 Å². The Morgan fingerprint density at radius 2 is 2.55 bits per heavy atom. The van der Waals surface area contributed by atoms with Gasteiger partial charge in [-0.05, 0) is 18.4 Å². The molecular formula is C9H10OS. The van der Waals surface area contributed by atoms with E-state index in [9.17, 15) is 4.79 Å². The Hall–Kier alpha value is -0.890. The van der Waals surface area contributed by atoms with Gasteiger partial charge < -0.3 is 0 Å². The summed E-state index contributed by atoms with van der Waals surface area (Å²) in [6.45, 7) is 5.48. The molecule has 0 fully saturated rings. The van der Waals surface area contributed by atoms with E-state index in [0.717, 1.165) is 10.4 Å². The predicted molar refractivity (Wildman–Crippen MR) is 48.2 cm³/mol. The SMILES string of the molecule is C=CCC(=O)c1ccsc1C. The van der Waals surface area contributed by atoms with Crippen LogP contribution in [0.1, 0.15) is 21.7 Å². The Balaban J connectivity index is 2.83. The monoisotopic (exact) mass is 166 g/mol. The number of carbonyl (C=O) groups is 1. The zero-order valence-electron chi connectivity index (χ0n) is 6.46. The van der Waals surface area contributed by atoms with E-state index in [1.165, 1.54) is 0 Å². The molecule has 1 aromatic heterocycles. The molecular weight excluding hydrogens is 156 g/mol. The molecule has 0 spiro atoms. The average Bonchev–Trinajstić information content (AvgIpc) is 2.36. The second-order valence-corrected chi connectivity index (χ2v) is 3.43. The maximum atomic E-state index is 11.3. The van der Waals surface area contributed by atoms with Gasteiger partial charge in [-0.1, -0.05) is 6.08 Å². The molecule has 0 amide bonds. The van der Waals surface area contributed by atoms with E-state index in [0.29, 0.717) is 6.42 Å². The van der Waals surface area contributed by atoms with Crippen molar-refractivity contribution in [1.29, 1.82) is 0 Å². The number of aryl methyl sites for hydroxylation is 1. The first-order valence-electron chi connectivity index (χ1n) is 3.44. The molecule has 11 heavy (non-hydrogen) atoms. The van der Waals surface area contributed by atoms with E-state index in [2.05, 4.69) is 6.58 Å². The van der Waals surface area contributed by atoms with E-state index in [-0.39, 0.29) is 5.78 Å². The molecule has 1 heterocycles. The van der Waals surface area contributed by atoms with Crippen molar-refractivity contribution in [2.75, 3.05) is 0 Å². The fourth-order valence-corrected chi connectivity index (χ4v) is 1.63. The number of hydrogen-bond acceptors (Lipinski definition) is 2. The maximum absolute atomic E-state index is 11.3. The van der Waals surface area contributed by atoms with Crippen LogP contribution in [-0.2, 0) is 0 Å². The van der Waals surface area contributed by atoms with Crippen LogP contribution in [0.5, 0.6) is 0 Å². The van der Waals surface area contributed by atoms with Crippen molar-refractivity contribution in [1.82, 2.24) is 0 Å². The lowest BCUT2D eigenvalue weighted by atomic mass is 10.1. The van der Waals surface area contributed by atoms with Crippen LogP contribution in [0.15, 0.2) is 24.1 Å². The van der Waals surface area contributed by atoms with Gasteiger partial charge in [0.2, 0.25) is 0 Å². The van der Waals surface area contributed by atoms with Gasteiger partial charge in [-0.15, -0.1) is 17.9 Å². The van der Waals surface area contributed by atoms with Gasteiger partial charge in [0.1, 0.15) is 0 Å². The van der Waals surface area contributed by atoms with Gasteiger partial charge >= 0.3 is 0 Å². The van der Waals surface area contributed by atoms with Crippen molar-refractivity contribution in [2.45, 2.75) is 13.3 Å². The standard InChI is InChI=1S/C9H10OS/c1-3-4-9(10)8-5-6-11-7(8)2/h3,5-6H,1,4H2,2H3. The molecule has 0 saturated carbocycles.